The molecule has 2 aromatic carbocycles. The van der Waals surface area contributed by atoms with Crippen LogP contribution < -0.4 is 14.9 Å². The summed E-state index contributed by atoms with van der Waals surface area (Å²) < 4.78 is 33.4. The summed E-state index contributed by atoms with van der Waals surface area (Å²) in [6, 6.07) is 5.80. The third-order valence-electron chi connectivity index (χ3n) is 7.29. The molecule has 43 heavy (non-hydrogen) atoms. The van der Waals surface area contributed by atoms with Crippen molar-refractivity contribution in [3.05, 3.63) is 40.6 Å². The lowest BCUT2D eigenvalue weighted by atomic mass is 9.98. The second-order valence-corrected chi connectivity index (χ2v) is 10.1. The third-order valence-corrected chi connectivity index (χ3v) is 7.29. The average Bonchev–Trinajstić information content (AvgIpc) is 3.26. The molecule has 9 N–H and O–H groups in total. The minimum atomic E-state index is -2.11. The fourth-order valence-electron chi connectivity index (χ4n) is 4.86. The fraction of sp³-hybridized carbons (Fsp3) is 0.444. The van der Waals surface area contributed by atoms with Crippen molar-refractivity contribution >= 4 is 11.0 Å². The van der Waals surface area contributed by atoms with Crippen molar-refractivity contribution in [3.63, 3.8) is 0 Å². The lowest BCUT2D eigenvalue weighted by molar-refractivity contribution is -0.319. The van der Waals surface area contributed by atoms with E-state index in [1.807, 2.05) is 0 Å². The SMILES string of the molecule is COc1cc(-c2oc3cc(O)cc(O)c3c(=O)c2O[C@@H]2OC(CO)[C@H](O)[C@H](O)C2O[C@@H]2OCC(O)(CO)[C@@H]2O)ccc1O. The van der Waals surface area contributed by atoms with Gasteiger partial charge < -0.3 is 74.1 Å². The largest absolute Gasteiger partial charge is 0.508 e. The molecule has 0 radical (unpaired) electrons. The number of phenolic OH excluding ortho intramolecular Hbond substituents is 3. The van der Waals surface area contributed by atoms with Gasteiger partial charge in [0.25, 0.3) is 0 Å². The molecule has 0 bridgehead atoms. The van der Waals surface area contributed by atoms with Crippen LogP contribution in [0.1, 0.15) is 0 Å². The Morgan fingerprint density at radius 2 is 1.74 bits per heavy atom. The zero-order valence-electron chi connectivity index (χ0n) is 22.4. The van der Waals surface area contributed by atoms with Crippen LogP contribution in [0.25, 0.3) is 22.3 Å². The normalized spacial score (nSPS) is 30.9. The van der Waals surface area contributed by atoms with Crippen LogP contribution in [-0.4, -0.2) is 122 Å². The number of benzene rings is 2. The van der Waals surface area contributed by atoms with Crippen molar-refractivity contribution in [2.24, 2.45) is 0 Å². The molecule has 16 heteroatoms. The van der Waals surface area contributed by atoms with Gasteiger partial charge in [0.05, 0.1) is 26.9 Å². The first-order valence-electron chi connectivity index (χ1n) is 12.9. The molecule has 3 aromatic rings. The van der Waals surface area contributed by atoms with E-state index < -0.39 is 96.6 Å². The Bertz CT molecular complexity index is 1540. The third kappa shape index (κ3) is 5.44. The number of aliphatic hydroxyl groups is 6. The number of phenols is 3. The van der Waals surface area contributed by atoms with Crippen LogP contribution in [0.15, 0.2) is 39.5 Å². The second-order valence-electron chi connectivity index (χ2n) is 10.1. The van der Waals surface area contributed by atoms with Crippen LogP contribution in [0.4, 0.5) is 0 Å². The maximum atomic E-state index is 13.8. The molecular weight excluding hydrogens is 580 g/mol. The highest BCUT2D eigenvalue weighted by Crippen LogP contribution is 2.40. The standard InChI is InChI=1S/C27H30O16/c1-38-14-4-10(2-3-12(14)31)21-22(19(34)17-13(32)5-11(30)6-15(17)40-21)42-25-23(20(35)18(33)16(7-28)41-25)43-26-24(36)27(37,8-29)9-39-26/h2-6,16,18,20,23-26,28-33,35-37H,7-9H2,1H3/t16?,18-,20-,23?,24+,25-,26-,27?/m0/s1. The Balaban J connectivity index is 1.63. The molecule has 2 aliphatic heterocycles. The first-order valence-corrected chi connectivity index (χ1v) is 12.9. The van der Waals surface area contributed by atoms with E-state index in [9.17, 15) is 50.8 Å². The minimum Gasteiger partial charge on any atom is -0.508 e. The number of fused-ring (bicyclic) bond motifs is 1. The van der Waals surface area contributed by atoms with Gasteiger partial charge in [-0.2, -0.15) is 0 Å². The van der Waals surface area contributed by atoms with Crippen molar-refractivity contribution in [2.75, 3.05) is 26.9 Å². The number of ether oxygens (including phenoxy) is 5. The molecule has 1 aromatic heterocycles. The molecular formula is C27H30O16. The summed E-state index contributed by atoms with van der Waals surface area (Å²) in [7, 11) is 1.28. The van der Waals surface area contributed by atoms with Gasteiger partial charge in [-0.3, -0.25) is 4.79 Å². The minimum absolute atomic E-state index is 0.0253. The molecule has 0 saturated carbocycles. The van der Waals surface area contributed by atoms with Crippen molar-refractivity contribution in [1.82, 2.24) is 0 Å². The quantitative estimate of drug-likeness (QED) is 0.137. The average molecular weight is 611 g/mol. The zero-order chi connectivity index (χ0) is 31.2. The predicted octanol–water partition coefficient (Wildman–Crippen LogP) is -1.77. The maximum Gasteiger partial charge on any atom is 0.239 e. The molecule has 5 rings (SSSR count). The Labute approximate surface area is 241 Å². The monoisotopic (exact) mass is 610 g/mol. The number of rotatable bonds is 8. The molecule has 3 unspecified atom stereocenters. The van der Waals surface area contributed by atoms with Crippen LogP contribution in [0.2, 0.25) is 0 Å². The van der Waals surface area contributed by atoms with Crippen molar-refractivity contribution in [3.8, 4) is 40.1 Å². The first-order chi connectivity index (χ1) is 20.4. The van der Waals surface area contributed by atoms with Gasteiger partial charge >= 0.3 is 0 Å². The summed E-state index contributed by atoms with van der Waals surface area (Å²) in [5, 5.41) is 91.6. The van der Waals surface area contributed by atoms with E-state index in [1.165, 1.54) is 25.3 Å². The predicted molar refractivity (Wildman–Crippen MR) is 141 cm³/mol. The van der Waals surface area contributed by atoms with Crippen molar-refractivity contribution in [1.29, 1.82) is 0 Å². The summed E-state index contributed by atoms with van der Waals surface area (Å²) in [4.78, 5) is 13.8. The molecule has 2 aliphatic rings. The van der Waals surface area contributed by atoms with E-state index in [1.54, 1.807) is 0 Å². The van der Waals surface area contributed by atoms with E-state index in [0.717, 1.165) is 12.1 Å². The highest BCUT2D eigenvalue weighted by atomic mass is 16.8. The molecule has 3 heterocycles. The van der Waals surface area contributed by atoms with E-state index in [-0.39, 0.29) is 28.4 Å². The molecule has 0 amide bonds. The molecule has 16 nitrogen and oxygen atoms in total. The van der Waals surface area contributed by atoms with Crippen LogP contribution >= 0.6 is 0 Å². The fourth-order valence-corrected chi connectivity index (χ4v) is 4.86. The molecule has 234 valence electrons. The van der Waals surface area contributed by atoms with E-state index in [2.05, 4.69) is 0 Å². The van der Waals surface area contributed by atoms with Gasteiger partial charge in [-0.1, -0.05) is 0 Å². The summed E-state index contributed by atoms with van der Waals surface area (Å²) in [6.07, 6.45) is -12.2. The van der Waals surface area contributed by atoms with E-state index >= 15 is 0 Å². The molecule has 2 saturated heterocycles. The van der Waals surface area contributed by atoms with Gasteiger partial charge in [-0.25, -0.2) is 0 Å². The Hall–Kier alpha value is -3.71. The van der Waals surface area contributed by atoms with Crippen molar-refractivity contribution < 1.29 is 74.1 Å². The van der Waals surface area contributed by atoms with Gasteiger partial charge in [0.1, 0.15) is 52.5 Å². The Morgan fingerprint density at radius 1 is 1.00 bits per heavy atom. The summed E-state index contributed by atoms with van der Waals surface area (Å²) >= 11 is 0. The Morgan fingerprint density at radius 3 is 2.40 bits per heavy atom. The van der Waals surface area contributed by atoms with Crippen LogP contribution in [-0.2, 0) is 14.2 Å². The maximum absolute atomic E-state index is 13.8. The highest BCUT2D eigenvalue weighted by molar-refractivity contribution is 5.88. The number of aromatic hydroxyl groups is 3. The van der Waals surface area contributed by atoms with Gasteiger partial charge in [0.2, 0.25) is 17.5 Å². The topological polar surface area (TPSA) is 258 Å². The summed E-state index contributed by atoms with van der Waals surface area (Å²) in [5.74, 6) is -2.34. The van der Waals surface area contributed by atoms with Crippen LogP contribution in [0, 0.1) is 0 Å². The number of hydrogen-bond acceptors (Lipinski definition) is 16. The summed E-state index contributed by atoms with van der Waals surface area (Å²) in [6.45, 7) is -2.27. The molecule has 0 spiro atoms. The van der Waals surface area contributed by atoms with E-state index in [0.29, 0.717) is 0 Å². The first kappa shape index (κ1) is 30.7. The van der Waals surface area contributed by atoms with Crippen molar-refractivity contribution in [2.45, 2.75) is 48.7 Å². The lowest BCUT2D eigenvalue weighted by Crippen LogP contribution is -2.62. The van der Waals surface area contributed by atoms with Gasteiger partial charge in [-0.05, 0) is 18.2 Å². The zero-order valence-corrected chi connectivity index (χ0v) is 22.4. The highest BCUT2D eigenvalue weighted by Gasteiger charge is 2.53. The van der Waals surface area contributed by atoms with Gasteiger partial charge in [-0.15, -0.1) is 0 Å². The number of aliphatic hydroxyl groups excluding tert-OH is 5. The number of methoxy groups -OCH3 is 1. The molecule has 8 atom stereocenters. The van der Waals surface area contributed by atoms with Crippen LogP contribution in [0.3, 0.4) is 0 Å². The van der Waals surface area contributed by atoms with Gasteiger partial charge in [0, 0.05) is 17.7 Å². The van der Waals surface area contributed by atoms with E-state index in [4.69, 9.17) is 28.1 Å². The molecule has 0 aliphatic carbocycles. The van der Waals surface area contributed by atoms with Gasteiger partial charge in [0.15, 0.2) is 29.7 Å². The summed E-state index contributed by atoms with van der Waals surface area (Å²) in [5.41, 5.74) is -3.26. The number of hydrogen-bond donors (Lipinski definition) is 9. The lowest BCUT2D eigenvalue weighted by Gasteiger charge is -2.42. The van der Waals surface area contributed by atoms with Crippen LogP contribution in [0.5, 0.6) is 28.7 Å². The second kappa shape index (κ2) is 11.8. The molecule has 2 fully saturated rings. The smallest absolute Gasteiger partial charge is 0.239 e. The Kier molecular flexibility index (Phi) is 8.41.